The van der Waals surface area contributed by atoms with Gasteiger partial charge in [0.2, 0.25) is 0 Å². The maximum Gasteiger partial charge on any atom is 0.194 e. The summed E-state index contributed by atoms with van der Waals surface area (Å²) in [6, 6.07) is 15.7. The Labute approximate surface area is 190 Å². The Kier molecular flexibility index (Phi) is 9.83. The number of benzene rings is 2. The molecule has 0 spiro atoms. The fourth-order valence-corrected chi connectivity index (χ4v) is 3.48. The molecule has 2 aromatic carbocycles. The summed E-state index contributed by atoms with van der Waals surface area (Å²) in [7, 11) is 3.38. The van der Waals surface area contributed by atoms with Crippen LogP contribution in [0.2, 0.25) is 0 Å². The van der Waals surface area contributed by atoms with E-state index in [0.717, 1.165) is 44.2 Å². The molecule has 5 nitrogen and oxygen atoms in total. The third-order valence-corrected chi connectivity index (χ3v) is 4.99. The van der Waals surface area contributed by atoms with Crippen molar-refractivity contribution < 1.29 is 9.13 Å². The SMILES string of the molecule is CN=C(NCc1ccc(F)c(COC)c1)N1CCN(Cc2ccccc2)CC1.I. The van der Waals surface area contributed by atoms with Crippen molar-refractivity contribution in [3.8, 4) is 0 Å². The van der Waals surface area contributed by atoms with Gasteiger partial charge in [-0.2, -0.15) is 0 Å². The lowest BCUT2D eigenvalue weighted by Crippen LogP contribution is -2.52. The minimum absolute atomic E-state index is 0. The Bertz CT molecular complexity index is 780. The molecule has 0 bridgehead atoms. The lowest BCUT2D eigenvalue weighted by Gasteiger charge is -2.36. The van der Waals surface area contributed by atoms with Gasteiger partial charge in [-0.1, -0.05) is 36.4 Å². The maximum absolute atomic E-state index is 13.8. The van der Waals surface area contributed by atoms with Crippen molar-refractivity contribution >= 4 is 29.9 Å². The van der Waals surface area contributed by atoms with Gasteiger partial charge in [0.25, 0.3) is 0 Å². The lowest BCUT2D eigenvalue weighted by molar-refractivity contribution is 0.172. The minimum Gasteiger partial charge on any atom is -0.380 e. The van der Waals surface area contributed by atoms with Crippen molar-refractivity contribution in [3.63, 3.8) is 0 Å². The Balaban J connectivity index is 0.00000300. The van der Waals surface area contributed by atoms with Crippen LogP contribution in [0, 0.1) is 5.82 Å². The zero-order valence-electron chi connectivity index (χ0n) is 17.1. The third kappa shape index (κ3) is 6.94. The Hall–Kier alpha value is -1.71. The largest absolute Gasteiger partial charge is 0.380 e. The van der Waals surface area contributed by atoms with Crippen LogP contribution in [0.15, 0.2) is 53.5 Å². The second-order valence-electron chi connectivity index (χ2n) is 7.01. The number of hydrogen-bond donors (Lipinski definition) is 1. The number of aliphatic imine (C=N–C) groups is 1. The number of piperazine rings is 1. The van der Waals surface area contributed by atoms with Crippen molar-refractivity contribution in [2.24, 2.45) is 4.99 Å². The third-order valence-electron chi connectivity index (χ3n) is 4.99. The molecule has 7 heteroatoms. The van der Waals surface area contributed by atoms with Gasteiger partial charge in [-0.25, -0.2) is 4.39 Å². The summed E-state index contributed by atoms with van der Waals surface area (Å²) in [5.74, 6) is 0.654. The number of rotatable bonds is 6. The molecule has 1 heterocycles. The van der Waals surface area contributed by atoms with Gasteiger partial charge in [0.15, 0.2) is 5.96 Å². The normalized spacial score (nSPS) is 15.1. The summed E-state index contributed by atoms with van der Waals surface area (Å²) >= 11 is 0. The van der Waals surface area contributed by atoms with Crippen LogP contribution in [-0.2, 0) is 24.4 Å². The quantitative estimate of drug-likeness (QED) is 0.366. The first-order valence-electron chi connectivity index (χ1n) is 9.67. The first-order valence-corrected chi connectivity index (χ1v) is 9.67. The standard InChI is InChI=1S/C22H29FN4O.HI/c1-24-22(25-15-19-8-9-21(23)20(14-19)17-28-2)27-12-10-26(11-13-27)16-18-6-4-3-5-7-18;/h3-9,14H,10-13,15-17H2,1-2H3,(H,24,25);1H. The van der Waals surface area contributed by atoms with Gasteiger partial charge in [0.05, 0.1) is 6.61 Å². The molecule has 3 rings (SSSR count). The molecule has 1 saturated heterocycles. The second kappa shape index (κ2) is 12.1. The lowest BCUT2D eigenvalue weighted by atomic mass is 10.1. The summed E-state index contributed by atoms with van der Waals surface area (Å²) in [6.45, 7) is 5.74. The Morgan fingerprint density at radius 2 is 1.79 bits per heavy atom. The molecule has 1 fully saturated rings. The molecule has 1 N–H and O–H groups in total. The molecule has 0 aromatic heterocycles. The van der Waals surface area contributed by atoms with Gasteiger partial charge >= 0.3 is 0 Å². The molecule has 2 aromatic rings. The van der Waals surface area contributed by atoms with Crippen LogP contribution < -0.4 is 5.32 Å². The highest BCUT2D eigenvalue weighted by molar-refractivity contribution is 14.0. The van der Waals surface area contributed by atoms with E-state index in [-0.39, 0.29) is 36.4 Å². The number of ether oxygens (including phenoxy) is 1. The van der Waals surface area contributed by atoms with Crippen LogP contribution in [0.4, 0.5) is 4.39 Å². The van der Waals surface area contributed by atoms with E-state index in [1.807, 2.05) is 6.07 Å². The van der Waals surface area contributed by atoms with Crippen molar-refractivity contribution in [1.29, 1.82) is 0 Å². The minimum atomic E-state index is -0.232. The van der Waals surface area contributed by atoms with Crippen molar-refractivity contribution in [3.05, 3.63) is 71.0 Å². The highest BCUT2D eigenvalue weighted by Gasteiger charge is 2.19. The molecule has 0 amide bonds. The summed E-state index contributed by atoms with van der Waals surface area (Å²) in [4.78, 5) is 9.17. The Morgan fingerprint density at radius 1 is 1.07 bits per heavy atom. The molecular formula is C22H30FIN4O. The van der Waals surface area contributed by atoms with E-state index in [1.54, 1.807) is 20.2 Å². The summed E-state index contributed by atoms with van der Waals surface area (Å²) in [5, 5.41) is 3.40. The smallest absolute Gasteiger partial charge is 0.194 e. The fraction of sp³-hybridized carbons (Fsp3) is 0.409. The van der Waals surface area contributed by atoms with Crippen LogP contribution in [0.1, 0.15) is 16.7 Å². The van der Waals surface area contributed by atoms with Crippen LogP contribution >= 0.6 is 24.0 Å². The average molecular weight is 512 g/mol. The number of methoxy groups -OCH3 is 1. The molecular weight excluding hydrogens is 482 g/mol. The molecule has 0 radical (unpaired) electrons. The van der Waals surface area contributed by atoms with Crippen molar-refractivity contribution in [2.45, 2.75) is 19.7 Å². The number of nitrogens with one attached hydrogen (secondary N) is 1. The first-order chi connectivity index (χ1) is 13.7. The fourth-order valence-electron chi connectivity index (χ4n) is 3.48. The Morgan fingerprint density at radius 3 is 2.45 bits per heavy atom. The van der Waals surface area contributed by atoms with E-state index in [9.17, 15) is 4.39 Å². The number of hydrogen-bond acceptors (Lipinski definition) is 3. The van der Waals surface area contributed by atoms with Gasteiger partial charge in [-0.05, 0) is 23.3 Å². The van der Waals surface area contributed by atoms with Crippen LogP contribution in [0.5, 0.6) is 0 Å². The van der Waals surface area contributed by atoms with E-state index < -0.39 is 0 Å². The molecule has 29 heavy (non-hydrogen) atoms. The van der Waals surface area contributed by atoms with E-state index in [0.29, 0.717) is 12.1 Å². The van der Waals surface area contributed by atoms with Crippen molar-refractivity contribution in [1.82, 2.24) is 15.1 Å². The zero-order valence-corrected chi connectivity index (χ0v) is 19.4. The number of nitrogens with zero attached hydrogens (tertiary/aromatic N) is 3. The zero-order chi connectivity index (χ0) is 19.8. The molecule has 158 valence electrons. The van der Waals surface area contributed by atoms with Crippen LogP contribution in [0.25, 0.3) is 0 Å². The van der Waals surface area contributed by atoms with Crippen LogP contribution in [-0.4, -0.2) is 56.1 Å². The average Bonchev–Trinajstić information content (AvgIpc) is 2.73. The first kappa shape index (κ1) is 23.6. The molecule has 0 aliphatic carbocycles. The highest BCUT2D eigenvalue weighted by atomic mass is 127. The van der Waals surface area contributed by atoms with E-state index in [4.69, 9.17) is 4.74 Å². The maximum atomic E-state index is 13.8. The molecule has 0 unspecified atom stereocenters. The summed E-state index contributed by atoms with van der Waals surface area (Å²) in [5.41, 5.74) is 2.94. The van der Waals surface area contributed by atoms with E-state index >= 15 is 0 Å². The number of halogens is 2. The topological polar surface area (TPSA) is 40.1 Å². The van der Waals surface area contributed by atoms with Crippen LogP contribution in [0.3, 0.4) is 0 Å². The summed E-state index contributed by atoms with van der Waals surface area (Å²) in [6.07, 6.45) is 0. The van der Waals surface area contributed by atoms with E-state index in [1.165, 1.54) is 11.6 Å². The molecule has 1 aliphatic rings. The number of guanidine groups is 1. The summed E-state index contributed by atoms with van der Waals surface area (Å²) < 4.78 is 18.8. The van der Waals surface area contributed by atoms with Gasteiger partial charge in [-0.3, -0.25) is 9.89 Å². The highest BCUT2D eigenvalue weighted by Crippen LogP contribution is 2.12. The van der Waals surface area contributed by atoms with Gasteiger partial charge < -0.3 is 15.0 Å². The van der Waals surface area contributed by atoms with Crippen molar-refractivity contribution in [2.75, 3.05) is 40.3 Å². The predicted molar refractivity (Wildman–Crippen MR) is 126 cm³/mol. The second-order valence-corrected chi connectivity index (χ2v) is 7.01. The molecule has 0 saturated carbocycles. The van der Waals surface area contributed by atoms with Gasteiger partial charge in [0, 0.05) is 59.0 Å². The molecule has 1 aliphatic heterocycles. The van der Waals surface area contributed by atoms with Gasteiger partial charge in [-0.15, -0.1) is 24.0 Å². The molecule has 0 atom stereocenters. The predicted octanol–water partition coefficient (Wildman–Crippen LogP) is 3.48. The monoisotopic (exact) mass is 512 g/mol. The van der Waals surface area contributed by atoms with E-state index in [2.05, 4.69) is 50.4 Å². The van der Waals surface area contributed by atoms with Gasteiger partial charge in [0.1, 0.15) is 5.82 Å².